The molecule has 242 valence electrons. The van der Waals surface area contributed by atoms with E-state index in [1.54, 1.807) is 12.1 Å². The van der Waals surface area contributed by atoms with Crippen LogP contribution in [0.5, 0.6) is 0 Å². The maximum Gasteiger partial charge on any atom is 0.255 e. The standard InChI is InChI=1S/C31H32ClN5O7S2/c1-22-4-6-24(7-5-22)19-37(46(42,43)30-14-8-25(32)9-15-30)20-28-13-12-27(44-28)18-33-35-31(39)21-36(3)45(40,41)29-16-10-26(11-17-29)34-23(2)38/h4-18H,19-21H2,1-3H3,(H,34,38)(H,35,39). The first-order chi connectivity index (χ1) is 21.7. The van der Waals surface area contributed by atoms with Crippen LogP contribution in [-0.2, 0) is 42.7 Å². The van der Waals surface area contributed by atoms with Gasteiger partial charge in [0, 0.05) is 31.2 Å². The second-order valence-corrected chi connectivity index (χ2v) is 14.7. The number of sulfonamides is 2. The maximum atomic E-state index is 13.6. The number of anilines is 1. The summed E-state index contributed by atoms with van der Waals surface area (Å²) in [5, 5.41) is 6.80. The van der Waals surface area contributed by atoms with Crippen LogP contribution in [0.2, 0.25) is 5.02 Å². The minimum Gasteiger partial charge on any atom is -0.459 e. The third-order valence-corrected chi connectivity index (χ3v) is 10.5. The van der Waals surface area contributed by atoms with E-state index in [0.717, 1.165) is 15.4 Å². The molecule has 4 aromatic rings. The molecule has 15 heteroatoms. The van der Waals surface area contributed by atoms with Gasteiger partial charge in [-0.3, -0.25) is 9.59 Å². The van der Waals surface area contributed by atoms with Crippen LogP contribution in [0.25, 0.3) is 0 Å². The number of aryl methyl sites for hydroxylation is 1. The molecule has 2 amide bonds. The number of rotatable bonds is 13. The zero-order valence-electron chi connectivity index (χ0n) is 25.2. The molecule has 0 saturated heterocycles. The van der Waals surface area contributed by atoms with E-state index in [0.29, 0.717) is 16.5 Å². The average Bonchev–Trinajstić information content (AvgIpc) is 3.45. The monoisotopic (exact) mass is 685 g/mol. The Morgan fingerprint density at radius 2 is 1.46 bits per heavy atom. The minimum absolute atomic E-state index is 0.0574. The number of furan rings is 1. The predicted molar refractivity (Wildman–Crippen MR) is 174 cm³/mol. The summed E-state index contributed by atoms with van der Waals surface area (Å²) in [6.07, 6.45) is 1.22. The molecule has 0 aliphatic heterocycles. The van der Waals surface area contributed by atoms with Crippen LogP contribution in [-0.4, -0.2) is 57.1 Å². The summed E-state index contributed by atoms with van der Waals surface area (Å²) in [5.74, 6) is -0.442. The van der Waals surface area contributed by atoms with Gasteiger partial charge in [0.2, 0.25) is 26.0 Å². The molecular weight excluding hydrogens is 654 g/mol. The van der Waals surface area contributed by atoms with Gasteiger partial charge in [0.05, 0.1) is 29.1 Å². The number of halogens is 1. The van der Waals surface area contributed by atoms with Crippen molar-refractivity contribution >= 4 is 55.4 Å². The smallest absolute Gasteiger partial charge is 0.255 e. The molecule has 0 saturated carbocycles. The highest BCUT2D eigenvalue weighted by atomic mass is 35.5. The van der Waals surface area contributed by atoms with Crippen molar-refractivity contribution in [1.29, 1.82) is 0 Å². The highest BCUT2D eigenvalue weighted by molar-refractivity contribution is 7.89. The molecule has 0 aliphatic rings. The number of nitrogens with one attached hydrogen (secondary N) is 2. The highest BCUT2D eigenvalue weighted by Crippen LogP contribution is 2.24. The average molecular weight is 686 g/mol. The number of likely N-dealkylation sites (N-methyl/N-ethyl adjacent to an activating group) is 1. The SMILES string of the molecule is CC(=O)Nc1ccc(S(=O)(=O)N(C)CC(=O)NN=Cc2ccc(CN(Cc3ccc(C)cc3)S(=O)(=O)c3ccc(Cl)cc3)o2)cc1. The lowest BCUT2D eigenvalue weighted by molar-refractivity contribution is -0.121. The summed E-state index contributed by atoms with van der Waals surface area (Å²) in [7, 11) is -6.69. The Bertz CT molecular complexity index is 1930. The largest absolute Gasteiger partial charge is 0.459 e. The van der Waals surface area contributed by atoms with Gasteiger partial charge in [0.15, 0.2) is 0 Å². The van der Waals surface area contributed by atoms with Gasteiger partial charge in [-0.2, -0.15) is 13.7 Å². The molecule has 0 fully saturated rings. The summed E-state index contributed by atoms with van der Waals surface area (Å²) in [5.41, 5.74) is 4.52. The number of hydrazone groups is 1. The van der Waals surface area contributed by atoms with Gasteiger partial charge in [-0.15, -0.1) is 0 Å². The Labute approximate surface area is 272 Å². The van der Waals surface area contributed by atoms with Gasteiger partial charge in [-0.05, 0) is 73.2 Å². The van der Waals surface area contributed by atoms with Gasteiger partial charge in [0.1, 0.15) is 11.5 Å². The topological polar surface area (TPSA) is 158 Å². The number of amides is 2. The van der Waals surface area contributed by atoms with Crippen LogP contribution in [0.15, 0.2) is 104 Å². The molecule has 0 aliphatic carbocycles. The van der Waals surface area contributed by atoms with Crippen molar-refractivity contribution < 1.29 is 30.8 Å². The van der Waals surface area contributed by atoms with Gasteiger partial charge in [0.25, 0.3) is 5.91 Å². The van der Waals surface area contributed by atoms with Gasteiger partial charge in [-0.1, -0.05) is 41.4 Å². The second kappa shape index (κ2) is 14.8. The zero-order chi connectivity index (χ0) is 33.5. The van der Waals surface area contributed by atoms with Crippen LogP contribution in [0.3, 0.4) is 0 Å². The number of hydrogen-bond acceptors (Lipinski definition) is 8. The summed E-state index contributed by atoms with van der Waals surface area (Å²) >= 11 is 5.97. The Morgan fingerprint density at radius 1 is 0.848 bits per heavy atom. The molecule has 4 rings (SSSR count). The van der Waals surface area contributed by atoms with E-state index in [4.69, 9.17) is 16.0 Å². The number of carbonyl (C=O) groups is 2. The number of nitrogens with zero attached hydrogens (tertiary/aromatic N) is 3. The Morgan fingerprint density at radius 3 is 2.09 bits per heavy atom. The number of benzene rings is 3. The van der Waals surface area contributed by atoms with Crippen molar-refractivity contribution in [1.82, 2.24) is 14.0 Å². The second-order valence-electron chi connectivity index (χ2n) is 10.3. The highest BCUT2D eigenvalue weighted by Gasteiger charge is 2.26. The first-order valence-corrected chi connectivity index (χ1v) is 17.1. The number of carbonyl (C=O) groups excluding carboxylic acids is 2. The van der Waals surface area contributed by atoms with E-state index < -0.39 is 32.5 Å². The molecule has 1 aromatic heterocycles. The van der Waals surface area contributed by atoms with Crippen molar-refractivity contribution in [2.24, 2.45) is 5.10 Å². The van der Waals surface area contributed by atoms with Crippen molar-refractivity contribution in [3.8, 4) is 0 Å². The van der Waals surface area contributed by atoms with Gasteiger partial charge >= 0.3 is 0 Å². The van der Waals surface area contributed by atoms with Crippen LogP contribution < -0.4 is 10.7 Å². The zero-order valence-corrected chi connectivity index (χ0v) is 27.6. The molecule has 46 heavy (non-hydrogen) atoms. The van der Waals surface area contributed by atoms with Crippen molar-refractivity contribution in [2.45, 2.75) is 36.7 Å². The minimum atomic E-state index is -3.99. The van der Waals surface area contributed by atoms with E-state index in [2.05, 4.69) is 15.8 Å². The molecule has 0 spiro atoms. The fraction of sp³-hybridized carbons (Fsp3) is 0.194. The Balaban J connectivity index is 1.40. The van der Waals surface area contributed by atoms with E-state index >= 15 is 0 Å². The molecule has 12 nitrogen and oxygen atoms in total. The molecule has 0 unspecified atom stereocenters. The Hall–Kier alpha value is -4.34. The summed E-state index contributed by atoms with van der Waals surface area (Å²) in [6.45, 7) is 2.75. The lowest BCUT2D eigenvalue weighted by Crippen LogP contribution is -2.36. The fourth-order valence-corrected chi connectivity index (χ4v) is 6.83. The van der Waals surface area contributed by atoms with Crippen molar-refractivity contribution in [3.05, 3.63) is 113 Å². The maximum absolute atomic E-state index is 13.6. The molecular formula is C31H32ClN5O7S2. The first-order valence-electron chi connectivity index (χ1n) is 13.8. The quantitative estimate of drug-likeness (QED) is 0.156. The lowest BCUT2D eigenvalue weighted by Gasteiger charge is -2.21. The first kappa shape index (κ1) is 34.5. The Kier molecular flexibility index (Phi) is 11.1. The third-order valence-electron chi connectivity index (χ3n) is 6.58. The van der Waals surface area contributed by atoms with E-state index in [1.165, 1.54) is 73.0 Å². The normalized spacial score (nSPS) is 12.1. The third kappa shape index (κ3) is 9.11. The molecule has 1 heterocycles. The van der Waals surface area contributed by atoms with Crippen molar-refractivity contribution in [2.75, 3.05) is 18.9 Å². The molecule has 0 atom stereocenters. The predicted octanol–water partition coefficient (Wildman–Crippen LogP) is 4.36. The van der Waals surface area contributed by atoms with Crippen LogP contribution in [0.4, 0.5) is 5.69 Å². The number of hydrogen-bond donors (Lipinski definition) is 2. The van der Waals surface area contributed by atoms with Crippen LogP contribution in [0, 0.1) is 6.92 Å². The van der Waals surface area contributed by atoms with E-state index in [-0.39, 0.29) is 34.5 Å². The fourth-order valence-electron chi connectivity index (χ4n) is 4.19. The molecule has 3 aromatic carbocycles. The summed E-state index contributed by atoms with van der Waals surface area (Å²) in [6, 6.07) is 22.1. The molecule has 0 bridgehead atoms. The molecule has 0 radical (unpaired) electrons. The van der Waals surface area contributed by atoms with E-state index in [1.807, 2.05) is 31.2 Å². The molecule has 2 N–H and O–H groups in total. The van der Waals surface area contributed by atoms with Gasteiger partial charge in [-0.25, -0.2) is 22.3 Å². The van der Waals surface area contributed by atoms with Crippen LogP contribution in [0.1, 0.15) is 29.6 Å². The van der Waals surface area contributed by atoms with E-state index in [9.17, 15) is 26.4 Å². The summed E-state index contributed by atoms with van der Waals surface area (Å²) < 4.78 is 60.8. The van der Waals surface area contributed by atoms with Crippen molar-refractivity contribution in [3.63, 3.8) is 0 Å². The lowest BCUT2D eigenvalue weighted by atomic mass is 10.1. The van der Waals surface area contributed by atoms with Crippen LogP contribution >= 0.6 is 11.6 Å². The summed E-state index contributed by atoms with van der Waals surface area (Å²) in [4.78, 5) is 23.6. The van der Waals surface area contributed by atoms with Gasteiger partial charge < -0.3 is 9.73 Å².